The van der Waals surface area contributed by atoms with Crippen molar-refractivity contribution < 1.29 is 9.32 Å². The number of hydrogen-bond donors (Lipinski definition) is 1. The van der Waals surface area contributed by atoms with Gasteiger partial charge < -0.3 is 9.84 Å². The van der Waals surface area contributed by atoms with E-state index in [1.165, 1.54) is 17.8 Å². The molecule has 3 heterocycles. The summed E-state index contributed by atoms with van der Waals surface area (Å²) in [7, 11) is 0. The number of aromatic nitrogens is 3. The van der Waals surface area contributed by atoms with E-state index in [1.807, 2.05) is 26.8 Å². The van der Waals surface area contributed by atoms with Crippen LogP contribution in [-0.2, 0) is 0 Å². The topological polar surface area (TPSA) is 80.9 Å². The maximum Gasteiger partial charge on any atom is 0.267 e. The van der Waals surface area contributed by atoms with Gasteiger partial charge in [-0.2, -0.15) is 4.98 Å². The van der Waals surface area contributed by atoms with E-state index < -0.39 is 0 Å². The Morgan fingerprint density at radius 3 is 2.68 bits per heavy atom. The fourth-order valence-corrected chi connectivity index (χ4v) is 4.51. The molecule has 1 amide bonds. The third kappa shape index (κ3) is 3.11. The first-order chi connectivity index (χ1) is 12.0. The molecular weight excluding hydrogens is 356 g/mol. The standard InChI is InChI=1S/C17H18N4O2S2/c1-8-14(25-10(3)18-8)16(22)19-12-7-13(24-9(12)2)15-20-17(23-21-15)11-5-4-6-11/h7,11H,4-6H2,1-3H3,(H,19,22). The monoisotopic (exact) mass is 374 g/mol. The number of carbonyl (C=O) groups excluding carboxylic acids is 1. The number of aryl methyl sites for hydroxylation is 3. The largest absolute Gasteiger partial charge is 0.339 e. The molecule has 0 spiro atoms. The van der Waals surface area contributed by atoms with Gasteiger partial charge in [-0.05, 0) is 39.7 Å². The highest BCUT2D eigenvalue weighted by Crippen LogP contribution is 2.38. The molecule has 1 fully saturated rings. The number of nitrogens with one attached hydrogen (secondary N) is 1. The summed E-state index contributed by atoms with van der Waals surface area (Å²) in [5.41, 5.74) is 1.54. The van der Waals surface area contributed by atoms with E-state index in [-0.39, 0.29) is 5.91 Å². The molecule has 4 rings (SSSR count). The summed E-state index contributed by atoms with van der Waals surface area (Å²) in [5.74, 6) is 1.62. The molecule has 130 valence electrons. The van der Waals surface area contributed by atoms with Crippen LogP contribution < -0.4 is 5.32 Å². The molecule has 3 aromatic rings. The van der Waals surface area contributed by atoms with Gasteiger partial charge in [-0.1, -0.05) is 11.6 Å². The Balaban J connectivity index is 1.54. The zero-order chi connectivity index (χ0) is 17.6. The van der Waals surface area contributed by atoms with Crippen molar-refractivity contribution in [2.75, 3.05) is 5.32 Å². The van der Waals surface area contributed by atoms with E-state index in [2.05, 4.69) is 20.4 Å². The first-order valence-electron chi connectivity index (χ1n) is 8.21. The summed E-state index contributed by atoms with van der Waals surface area (Å²) in [5, 5.41) is 7.97. The van der Waals surface area contributed by atoms with Crippen molar-refractivity contribution in [2.24, 2.45) is 0 Å². The van der Waals surface area contributed by atoms with Gasteiger partial charge in [0.2, 0.25) is 11.7 Å². The summed E-state index contributed by atoms with van der Waals surface area (Å²) in [6.07, 6.45) is 3.48. The van der Waals surface area contributed by atoms with E-state index in [1.54, 1.807) is 11.3 Å². The molecule has 1 saturated carbocycles. The van der Waals surface area contributed by atoms with Crippen molar-refractivity contribution in [2.45, 2.75) is 46.0 Å². The number of hydrogen-bond acceptors (Lipinski definition) is 7. The molecule has 0 aliphatic heterocycles. The zero-order valence-corrected chi connectivity index (χ0v) is 15.9. The number of amides is 1. The van der Waals surface area contributed by atoms with Crippen LogP contribution in [0.15, 0.2) is 10.6 Å². The number of nitrogens with zero attached hydrogens (tertiary/aromatic N) is 3. The van der Waals surface area contributed by atoms with Crippen LogP contribution in [0.3, 0.4) is 0 Å². The Bertz CT molecular complexity index is 937. The third-order valence-electron chi connectivity index (χ3n) is 4.39. The third-order valence-corrected chi connectivity index (χ3v) is 6.51. The predicted octanol–water partition coefficient (Wildman–Crippen LogP) is 4.70. The molecule has 3 aromatic heterocycles. The molecule has 0 aromatic carbocycles. The van der Waals surface area contributed by atoms with Crippen LogP contribution in [0.2, 0.25) is 0 Å². The van der Waals surface area contributed by atoms with Crippen molar-refractivity contribution in [3.63, 3.8) is 0 Å². The summed E-state index contributed by atoms with van der Waals surface area (Å²) in [4.78, 5) is 23.9. The first-order valence-corrected chi connectivity index (χ1v) is 9.84. The van der Waals surface area contributed by atoms with Gasteiger partial charge in [0.25, 0.3) is 5.91 Å². The van der Waals surface area contributed by atoms with E-state index in [4.69, 9.17) is 4.52 Å². The normalized spacial score (nSPS) is 14.5. The summed E-state index contributed by atoms with van der Waals surface area (Å²) in [6.45, 7) is 5.73. The second-order valence-electron chi connectivity index (χ2n) is 6.27. The van der Waals surface area contributed by atoms with E-state index in [0.29, 0.717) is 16.6 Å². The highest BCUT2D eigenvalue weighted by atomic mass is 32.1. The lowest BCUT2D eigenvalue weighted by Gasteiger charge is -2.20. The van der Waals surface area contributed by atoms with Crippen LogP contribution in [0.1, 0.15) is 56.3 Å². The maximum atomic E-state index is 12.5. The molecule has 0 unspecified atom stereocenters. The molecule has 0 saturated heterocycles. The van der Waals surface area contributed by atoms with Gasteiger partial charge in [0.05, 0.1) is 21.3 Å². The van der Waals surface area contributed by atoms with Gasteiger partial charge in [-0.25, -0.2) is 4.98 Å². The van der Waals surface area contributed by atoms with Gasteiger partial charge in [-0.15, -0.1) is 22.7 Å². The van der Waals surface area contributed by atoms with Crippen molar-refractivity contribution >= 4 is 34.3 Å². The van der Waals surface area contributed by atoms with Crippen LogP contribution >= 0.6 is 22.7 Å². The van der Waals surface area contributed by atoms with E-state index in [0.717, 1.165) is 44.9 Å². The molecule has 1 N–H and O–H groups in total. The Labute approximate surface area is 153 Å². The molecule has 0 atom stereocenters. The van der Waals surface area contributed by atoms with Crippen LogP contribution in [0.25, 0.3) is 10.7 Å². The number of rotatable bonds is 4. The van der Waals surface area contributed by atoms with Crippen LogP contribution in [-0.4, -0.2) is 21.0 Å². The average Bonchev–Trinajstić information content (AvgIpc) is 3.18. The number of thiophene rings is 1. The van der Waals surface area contributed by atoms with Gasteiger partial charge in [0.1, 0.15) is 4.88 Å². The molecular formula is C17H18N4O2S2. The maximum absolute atomic E-state index is 12.5. The predicted molar refractivity (Wildman–Crippen MR) is 98.5 cm³/mol. The van der Waals surface area contributed by atoms with Gasteiger partial charge in [-0.3, -0.25) is 4.79 Å². The van der Waals surface area contributed by atoms with Crippen molar-refractivity contribution in [3.05, 3.63) is 32.4 Å². The highest BCUT2D eigenvalue weighted by molar-refractivity contribution is 7.16. The second-order valence-corrected chi connectivity index (χ2v) is 8.73. The summed E-state index contributed by atoms with van der Waals surface area (Å²) < 4.78 is 5.39. The molecule has 0 radical (unpaired) electrons. The molecule has 25 heavy (non-hydrogen) atoms. The van der Waals surface area contributed by atoms with Crippen molar-refractivity contribution in [3.8, 4) is 10.7 Å². The Morgan fingerprint density at radius 2 is 2.04 bits per heavy atom. The van der Waals surface area contributed by atoms with Crippen LogP contribution in [0, 0.1) is 20.8 Å². The van der Waals surface area contributed by atoms with Gasteiger partial charge in [0, 0.05) is 10.8 Å². The smallest absolute Gasteiger partial charge is 0.267 e. The Morgan fingerprint density at radius 1 is 1.24 bits per heavy atom. The second kappa shape index (κ2) is 6.34. The van der Waals surface area contributed by atoms with E-state index >= 15 is 0 Å². The quantitative estimate of drug-likeness (QED) is 0.716. The lowest BCUT2D eigenvalue weighted by Crippen LogP contribution is -2.11. The first kappa shape index (κ1) is 16.4. The minimum atomic E-state index is -0.126. The average molecular weight is 374 g/mol. The Hall–Kier alpha value is -2.06. The van der Waals surface area contributed by atoms with Gasteiger partial charge >= 0.3 is 0 Å². The number of carbonyl (C=O) groups is 1. The minimum Gasteiger partial charge on any atom is -0.339 e. The molecule has 1 aliphatic rings. The zero-order valence-electron chi connectivity index (χ0n) is 14.3. The van der Waals surface area contributed by atoms with Crippen LogP contribution in [0.4, 0.5) is 5.69 Å². The molecule has 8 heteroatoms. The van der Waals surface area contributed by atoms with E-state index in [9.17, 15) is 4.79 Å². The minimum absolute atomic E-state index is 0.126. The van der Waals surface area contributed by atoms with Crippen molar-refractivity contribution in [1.82, 2.24) is 15.1 Å². The SMILES string of the molecule is Cc1nc(C)c(C(=O)Nc2cc(-c3noc(C4CCC4)n3)sc2C)s1. The highest BCUT2D eigenvalue weighted by Gasteiger charge is 2.26. The summed E-state index contributed by atoms with van der Waals surface area (Å²) >= 11 is 2.96. The molecule has 0 bridgehead atoms. The summed E-state index contributed by atoms with van der Waals surface area (Å²) in [6, 6.07) is 1.91. The fraction of sp³-hybridized carbons (Fsp3) is 0.412. The Kier molecular flexibility index (Phi) is 4.16. The lowest BCUT2D eigenvalue weighted by molar-refractivity contribution is 0.103. The fourth-order valence-electron chi connectivity index (χ4n) is 2.79. The van der Waals surface area contributed by atoms with Crippen molar-refractivity contribution in [1.29, 1.82) is 0 Å². The lowest BCUT2D eigenvalue weighted by atomic mass is 9.85. The van der Waals surface area contributed by atoms with Crippen LogP contribution in [0.5, 0.6) is 0 Å². The molecule has 1 aliphatic carbocycles. The molecule has 6 nitrogen and oxygen atoms in total. The number of thiazole rings is 1. The van der Waals surface area contributed by atoms with Gasteiger partial charge in [0.15, 0.2) is 0 Å². The number of anilines is 1.